The fourth-order valence-electron chi connectivity index (χ4n) is 4.18. The van der Waals surface area contributed by atoms with E-state index >= 15 is 0 Å². The molecule has 2 aliphatic heterocycles. The van der Waals surface area contributed by atoms with Crippen LogP contribution in [-0.2, 0) is 0 Å². The summed E-state index contributed by atoms with van der Waals surface area (Å²) in [5.74, 6) is 0. The second kappa shape index (κ2) is 5.68. The van der Waals surface area contributed by atoms with Crippen LogP contribution in [0.15, 0.2) is 0 Å². The molecule has 0 bridgehead atoms. The lowest BCUT2D eigenvalue weighted by Gasteiger charge is -2.45. The Labute approximate surface area is 118 Å². The molecule has 3 aliphatic rings. The molecular formula is C15H30N4. The Bertz CT molecular complexity index is 301. The zero-order valence-electron chi connectivity index (χ0n) is 12.7. The first-order chi connectivity index (χ1) is 9.17. The van der Waals surface area contributed by atoms with Crippen molar-refractivity contribution in [1.29, 1.82) is 0 Å². The first-order valence-electron chi connectivity index (χ1n) is 8.03. The van der Waals surface area contributed by atoms with Gasteiger partial charge in [-0.2, -0.15) is 0 Å². The van der Waals surface area contributed by atoms with Gasteiger partial charge in [0, 0.05) is 57.4 Å². The maximum atomic E-state index is 3.82. The van der Waals surface area contributed by atoms with Gasteiger partial charge in [-0.05, 0) is 26.9 Å². The molecule has 0 amide bonds. The van der Waals surface area contributed by atoms with E-state index in [1.807, 2.05) is 0 Å². The highest BCUT2D eigenvalue weighted by Gasteiger charge is 2.38. The van der Waals surface area contributed by atoms with Gasteiger partial charge in [-0.3, -0.25) is 9.80 Å². The molecule has 3 rings (SSSR count). The third kappa shape index (κ3) is 3.13. The number of piperazine rings is 2. The van der Waals surface area contributed by atoms with Crippen LogP contribution >= 0.6 is 0 Å². The highest BCUT2D eigenvalue weighted by molar-refractivity contribution is 4.99. The van der Waals surface area contributed by atoms with Gasteiger partial charge in [0.15, 0.2) is 0 Å². The molecule has 4 nitrogen and oxygen atoms in total. The molecule has 4 heteroatoms. The predicted molar refractivity (Wildman–Crippen MR) is 79.6 cm³/mol. The first kappa shape index (κ1) is 13.8. The molecule has 1 spiro atoms. The topological polar surface area (TPSA) is 21.8 Å². The number of hydrogen-bond acceptors (Lipinski definition) is 4. The lowest BCUT2D eigenvalue weighted by atomic mass is 9.94. The largest absolute Gasteiger partial charge is 0.309 e. The zero-order chi connectivity index (χ0) is 13.3. The predicted octanol–water partition coefficient (Wildman–Crippen LogP) is 0.450. The molecule has 0 radical (unpaired) electrons. The highest BCUT2D eigenvalue weighted by Crippen LogP contribution is 2.32. The summed E-state index contributed by atoms with van der Waals surface area (Å²) in [5.41, 5.74) is 0.470. The number of hydrogen-bond donors (Lipinski definition) is 1. The maximum absolute atomic E-state index is 3.82. The fourth-order valence-corrected chi connectivity index (χ4v) is 4.18. The highest BCUT2D eigenvalue weighted by atomic mass is 15.3. The third-order valence-corrected chi connectivity index (χ3v) is 5.46. The molecule has 19 heavy (non-hydrogen) atoms. The van der Waals surface area contributed by atoms with Crippen LogP contribution in [-0.4, -0.2) is 86.2 Å². The average molecular weight is 266 g/mol. The second-order valence-electron chi connectivity index (χ2n) is 7.05. The summed E-state index contributed by atoms with van der Waals surface area (Å²) in [6.45, 7) is 8.62. The minimum atomic E-state index is 0.470. The Morgan fingerprint density at radius 1 is 1.11 bits per heavy atom. The average Bonchev–Trinajstić information content (AvgIpc) is 2.82. The molecule has 0 aromatic carbocycles. The van der Waals surface area contributed by atoms with Crippen molar-refractivity contribution in [2.45, 2.75) is 37.3 Å². The van der Waals surface area contributed by atoms with E-state index in [1.165, 1.54) is 71.5 Å². The van der Waals surface area contributed by atoms with E-state index in [0.29, 0.717) is 5.54 Å². The number of likely N-dealkylation sites (N-methyl/N-ethyl adjacent to an activating group) is 2. The van der Waals surface area contributed by atoms with Crippen LogP contribution in [0.25, 0.3) is 0 Å². The van der Waals surface area contributed by atoms with Gasteiger partial charge < -0.3 is 10.2 Å². The second-order valence-corrected chi connectivity index (χ2v) is 7.05. The van der Waals surface area contributed by atoms with Crippen molar-refractivity contribution in [3.05, 3.63) is 0 Å². The monoisotopic (exact) mass is 266 g/mol. The van der Waals surface area contributed by atoms with Crippen LogP contribution in [0.2, 0.25) is 0 Å². The summed E-state index contributed by atoms with van der Waals surface area (Å²) in [6, 6.07) is 0.718. The number of nitrogens with one attached hydrogen (secondary N) is 1. The van der Waals surface area contributed by atoms with E-state index in [0.717, 1.165) is 6.04 Å². The number of nitrogens with zero attached hydrogens (tertiary/aromatic N) is 3. The van der Waals surface area contributed by atoms with Crippen molar-refractivity contribution in [1.82, 2.24) is 20.0 Å². The van der Waals surface area contributed by atoms with Crippen molar-refractivity contribution in [3.63, 3.8) is 0 Å². The van der Waals surface area contributed by atoms with E-state index in [4.69, 9.17) is 0 Å². The Hall–Kier alpha value is -0.160. The molecule has 2 saturated heterocycles. The smallest absolute Gasteiger partial charge is 0.0347 e. The van der Waals surface area contributed by atoms with E-state index < -0.39 is 0 Å². The van der Waals surface area contributed by atoms with Crippen LogP contribution in [0.4, 0.5) is 0 Å². The van der Waals surface area contributed by atoms with Gasteiger partial charge in [-0.1, -0.05) is 12.8 Å². The van der Waals surface area contributed by atoms with Gasteiger partial charge in [0.1, 0.15) is 0 Å². The van der Waals surface area contributed by atoms with Crippen molar-refractivity contribution in [3.8, 4) is 0 Å². The summed E-state index contributed by atoms with van der Waals surface area (Å²) in [4.78, 5) is 7.77. The quantitative estimate of drug-likeness (QED) is 0.783. The van der Waals surface area contributed by atoms with Gasteiger partial charge in [0.2, 0.25) is 0 Å². The summed E-state index contributed by atoms with van der Waals surface area (Å²) in [6.07, 6.45) is 5.63. The molecule has 1 unspecified atom stereocenters. The Kier molecular flexibility index (Phi) is 4.13. The molecule has 0 aromatic rings. The fraction of sp³-hybridized carbons (Fsp3) is 1.00. The summed E-state index contributed by atoms with van der Waals surface area (Å²) in [5, 5.41) is 3.82. The number of rotatable bonds is 2. The van der Waals surface area contributed by atoms with Crippen LogP contribution in [0, 0.1) is 0 Å². The van der Waals surface area contributed by atoms with E-state index in [-0.39, 0.29) is 0 Å². The van der Waals surface area contributed by atoms with Crippen molar-refractivity contribution >= 4 is 0 Å². The van der Waals surface area contributed by atoms with Gasteiger partial charge >= 0.3 is 0 Å². The molecule has 1 N–H and O–H groups in total. The van der Waals surface area contributed by atoms with Gasteiger partial charge in [0.25, 0.3) is 0 Å². The molecule has 110 valence electrons. The van der Waals surface area contributed by atoms with E-state index in [1.54, 1.807) is 0 Å². The minimum absolute atomic E-state index is 0.470. The third-order valence-electron chi connectivity index (χ3n) is 5.46. The molecule has 1 saturated carbocycles. The molecular weight excluding hydrogens is 236 g/mol. The van der Waals surface area contributed by atoms with Crippen LogP contribution in [0.1, 0.15) is 25.7 Å². The summed E-state index contributed by atoms with van der Waals surface area (Å²) >= 11 is 0. The zero-order valence-corrected chi connectivity index (χ0v) is 12.7. The molecule has 2 heterocycles. The SMILES string of the molecule is CN1CCN(C)C(CN2CCNC3(CCCC3)C2)C1. The van der Waals surface area contributed by atoms with Crippen molar-refractivity contribution < 1.29 is 0 Å². The van der Waals surface area contributed by atoms with Crippen molar-refractivity contribution in [2.24, 2.45) is 0 Å². The van der Waals surface area contributed by atoms with Gasteiger partial charge in [-0.15, -0.1) is 0 Å². The summed E-state index contributed by atoms with van der Waals surface area (Å²) < 4.78 is 0. The summed E-state index contributed by atoms with van der Waals surface area (Å²) in [7, 11) is 4.56. The molecule has 1 atom stereocenters. The lowest BCUT2D eigenvalue weighted by Crippen LogP contribution is -2.62. The normalized spacial score (nSPS) is 34.1. The van der Waals surface area contributed by atoms with E-state index in [2.05, 4.69) is 34.1 Å². The molecule has 3 fully saturated rings. The Morgan fingerprint density at radius 2 is 1.89 bits per heavy atom. The molecule has 0 aromatic heterocycles. The van der Waals surface area contributed by atoms with Gasteiger partial charge in [0.05, 0.1) is 0 Å². The van der Waals surface area contributed by atoms with Crippen LogP contribution < -0.4 is 5.32 Å². The van der Waals surface area contributed by atoms with Crippen molar-refractivity contribution in [2.75, 3.05) is 59.9 Å². The standard InChI is InChI=1S/C15H30N4/c1-17-9-10-18(2)14(11-17)12-19-8-7-16-15(13-19)5-3-4-6-15/h14,16H,3-13H2,1-2H3. The minimum Gasteiger partial charge on any atom is -0.309 e. The van der Waals surface area contributed by atoms with Gasteiger partial charge in [-0.25, -0.2) is 0 Å². The van der Waals surface area contributed by atoms with Crippen LogP contribution in [0.5, 0.6) is 0 Å². The van der Waals surface area contributed by atoms with Crippen LogP contribution in [0.3, 0.4) is 0 Å². The first-order valence-corrected chi connectivity index (χ1v) is 8.03. The maximum Gasteiger partial charge on any atom is 0.0347 e. The lowest BCUT2D eigenvalue weighted by molar-refractivity contribution is 0.0575. The van der Waals surface area contributed by atoms with E-state index in [9.17, 15) is 0 Å². The Balaban J connectivity index is 1.56. The molecule has 1 aliphatic carbocycles. The Morgan fingerprint density at radius 3 is 2.68 bits per heavy atom.